The molecule has 154 valence electrons. The third-order valence-corrected chi connectivity index (χ3v) is 7.03. The average molecular weight is 437 g/mol. The van der Waals surface area contributed by atoms with Crippen LogP contribution in [-0.4, -0.2) is 37.7 Å². The van der Waals surface area contributed by atoms with E-state index in [4.69, 9.17) is 16.3 Å². The number of nitrogens with one attached hydrogen (secondary N) is 1. The summed E-state index contributed by atoms with van der Waals surface area (Å²) in [7, 11) is -2.72. The fraction of sp³-hybridized carbons (Fsp3) is 0.300. The van der Waals surface area contributed by atoms with Gasteiger partial charge in [-0.2, -0.15) is 0 Å². The number of halogens is 1. The van der Waals surface area contributed by atoms with Crippen molar-refractivity contribution in [1.82, 2.24) is 4.31 Å². The number of hydrogen-bond donors (Lipinski definition) is 1. The molecule has 1 N–H and O–H groups in total. The number of methoxy groups -OCH3 is 1. The molecule has 0 aliphatic carbocycles. The Labute approximate surface area is 174 Å². The first kappa shape index (κ1) is 21.1. The zero-order valence-electron chi connectivity index (χ0n) is 16.2. The molecule has 2 aromatic carbocycles. The fourth-order valence-electron chi connectivity index (χ4n) is 3.17. The molecule has 1 aliphatic rings. The first-order chi connectivity index (χ1) is 13.6. The Hall–Kier alpha value is -2.58. The molecule has 1 saturated heterocycles. The standard InChI is InChI=1S/C20H21ClN2O5S/c1-12-4-6-14(7-5-12)29(26,27)23-17(8-9-19(23)24)20(25)22-16-10-13(2)15(21)11-18(16)28-3/h4-7,10-11,17H,8-9H2,1-3H3,(H,22,25)/t17-/m1/s1. The molecule has 0 unspecified atom stereocenters. The van der Waals surface area contributed by atoms with Crippen LogP contribution >= 0.6 is 11.6 Å². The summed E-state index contributed by atoms with van der Waals surface area (Å²) in [6.45, 7) is 3.60. The number of hydrogen-bond acceptors (Lipinski definition) is 5. The molecular formula is C20H21ClN2O5S. The molecule has 29 heavy (non-hydrogen) atoms. The molecule has 7 nitrogen and oxygen atoms in total. The molecule has 3 rings (SSSR count). The van der Waals surface area contributed by atoms with E-state index in [1.165, 1.54) is 19.2 Å². The molecule has 1 heterocycles. The lowest BCUT2D eigenvalue weighted by molar-refractivity contribution is -0.128. The van der Waals surface area contributed by atoms with Crippen molar-refractivity contribution >= 4 is 39.1 Å². The number of ether oxygens (including phenoxy) is 1. The topological polar surface area (TPSA) is 92.8 Å². The van der Waals surface area contributed by atoms with Gasteiger partial charge in [0.1, 0.15) is 11.8 Å². The Morgan fingerprint density at radius 1 is 1.21 bits per heavy atom. The molecule has 0 bridgehead atoms. The minimum absolute atomic E-state index is 0.0278. The number of rotatable bonds is 5. The number of aryl methyl sites for hydroxylation is 2. The Balaban J connectivity index is 1.92. The van der Waals surface area contributed by atoms with E-state index >= 15 is 0 Å². The zero-order chi connectivity index (χ0) is 21.3. The summed E-state index contributed by atoms with van der Waals surface area (Å²) in [5.74, 6) is -0.872. The van der Waals surface area contributed by atoms with Gasteiger partial charge in [-0.1, -0.05) is 29.3 Å². The number of amides is 2. The van der Waals surface area contributed by atoms with E-state index in [0.29, 0.717) is 20.8 Å². The van der Waals surface area contributed by atoms with E-state index < -0.39 is 27.9 Å². The molecule has 9 heteroatoms. The number of anilines is 1. The lowest BCUT2D eigenvalue weighted by Gasteiger charge is -2.24. The van der Waals surface area contributed by atoms with Crippen molar-refractivity contribution < 1.29 is 22.7 Å². The maximum absolute atomic E-state index is 13.0. The second-order valence-corrected chi connectivity index (χ2v) is 9.08. The zero-order valence-corrected chi connectivity index (χ0v) is 17.8. The van der Waals surface area contributed by atoms with Gasteiger partial charge < -0.3 is 10.1 Å². The minimum Gasteiger partial charge on any atom is -0.495 e. The van der Waals surface area contributed by atoms with E-state index in [1.807, 2.05) is 6.92 Å². The summed E-state index contributed by atoms with van der Waals surface area (Å²) < 4.78 is 32.0. The molecule has 1 aliphatic heterocycles. The molecule has 2 aromatic rings. The first-order valence-corrected chi connectivity index (χ1v) is 10.8. The lowest BCUT2D eigenvalue weighted by atomic mass is 10.1. The van der Waals surface area contributed by atoms with Crippen molar-refractivity contribution in [3.63, 3.8) is 0 Å². The molecule has 0 aromatic heterocycles. The Kier molecular flexibility index (Phi) is 5.86. The minimum atomic E-state index is -4.15. The molecule has 1 fully saturated rings. The van der Waals surface area contributed by atoms with Crippen molar-refractivity contribution in [1.29, 1.82) is 0 Å². The van der Waals surface area contributed by atoms with E-state index in [-0.39, 0.29) is 17.7 Å². The van der Waals surface area contributed by atoms with Gasteiger partial charge in [-0.15, -0.1) is 0 Å². The van der Waals surface area contributed by atoms with Gasteiger partial charge in [0.25, 0.3) is 10.0 Å². The number of benzene rings is 2. The number of carbonyl (C=O) groups excluding carboxylic acids is 2. The quantitative estimate of drug-likeness (QED) is 0.776. The lowest BCUT2D eigenvalue weighted by Crippen LogP contribution is -2.45. The number of nitrogens with zero attached hydrogens (tertiary/aromatic N) is 1. The molecule has 0 radical (unpaired) electrons. The first-order valence-electron chi connectivity index (χ1n) is 8.94. The fourth-order valence-corrected chi connectivity index (χ4v) is 4.93. The van der Waals surface area contributed by atoms with Crippen LogP contribution in [0, 0.1) is 13.8 Å². The summed E-state index contributed by atoms with van der Waals surface area (Å²) in [6, 6.07) is 8.19. The molecule has 0 saturated carbocycles. The van der Waals surface area contributed by atoms with E-state index in [0.717, 1.165) is 11.1 Å². The SMILES string of the molecule is COc1cc(Cl)c(C)cc1NC(=O)[C@H]1CCC(=O)N1S(=O)(=O)c1ccc(C)cc1. The van der Waals surface area contributed by atoms with Crippen molar-refractivity contribution in [2.24, 2.45) is 0 Å². The maximum atomic E-state index is 13.0. The normalized spacial score (nSPS) is 16.8. The molecule has 2 amide bonds. The molecule has 0 spiro atoms. The highest BCUT2D eigenvalue weighted by Crippen LogP contribution is 2.33. The number of carbonyl (C=O) groups is 2. The van der Waals surface area contributed by atoms with Crippen LogP contribution in [0.4, 0.5) is 5.69 Å². The Morgan fingerprint density at radius 3 is 2.48 bits per heavy atom. The van der Waals surface area contributed by atoms with Gasteiger partial charge in [0.15, 0.2) is 0 Å². The van der Waals surface area contributed by atoms with E-state index in [9.17, 15) is 18.0 Å². The van der Waals surface area contributed by atoms with Gasteiger partial charge in [0, 0.05) is 17.5 Å². The summed E-state index contributed by atoms with van der Waals surface area (Å²) in [6.07, 6.45) is 0.0740. The predicted octanol–water partition coefficient (Wildman–Crippen LogP) is 3.28. The summed E-state index contributed by atoms with van der Waals surface area (Å²) in [5, 5.41) is 3.15. The highest BCUT2D eigenvalue weighted by Gasteiger charge is 2.44. The van der Waals surface area contributed by atoms with Crippen molar-refractivity contribution in [2.75, 3.05) is 12.4 Å². The van der Waals surface area contributed by atoms with Crippen molar-refractivity contribution in [2.45, 2.75) is 37.6 Å². The summed E-state index contributed by atoms with van der Waals surface area (Å²) in [4.78, 5) is 25.3. The second-order valence-electron chi connectivity index (χ2n) is 6.85. The van der Waals surface area contributed by atoms with Crippen LogP contribution in [0.25, 0.3) is 0 Å². The van der Waals surface area contributed by atoms with Gasteiger partial charge in [-0.05, 0) is 44.0 Å². The highest BCUT2D eigenvalue weighted by atomic mass is 35.5. The van der Waals surface area contributed by atoms with Gasteiger partial charge in [-0.25, -0.2) is 12.7 Å². The Bertz CT molecular complexity index is 1070. The molecular weight excluding hydrogens is 416 g/mol. The number of sulfonamides is 1. The summed E-state index contributed by atoms with van der Waals surface area (Å²) >= 11 is 6.08. The van der Waals surface area contributed by atoms with Crippen molar-refractivity contribution in [3.8, 4) is 5.75 Å². The van der Waals surface area contributed by atoms with Crippen LogP contribution in [-0.2, 0) is 19.6 Å². The maximum Gasteiger partial charge on any atom is 0.267 e. The smallest absolute Gasteiger partial charge is 0.267 e. The largest absolute Gasteiger partial charge is 0.495 e. The van der Waals surface area contributed by atoms with Gasteiger partial charge in [0.05, 0.1) is 17.7 Å². The predicted molar refractivity (Wildman–Crippen MR) is 110 cm³/mol. The van der Waals surface area contributed by atoms with Crippen LogP contribution in [0.1, 0.15) is 24.0 Å². The van der Waals surface area contributed by atoms with Crippen LogP contribution in [0.5, 0.6) is 5.75 Å². The van der Waals surface area contributed by atoms with Crippen LogP contribution in [0.3, 0.4) is 0 Å². The monoisotopic (exact) mass is 436 g/mol. The third-order valence-electron chi connectivity index (χ3n) is 4.78. The van der Waals surface area contributed by atoms with Crippen LogP contribution < -0.4 is 10.1 Å². The summed E-state index contributed by atoms with van der Waals surface area (Å²) in [5.41, 5.74) is 1.96. The van der Waals surface area contributed by atoms with Crippen LogP contribution in [0.2, 0.25) is 5.02 Å². The van der Waals surface area contributed by atoms with Gasteiger partial charge >= 0.3 is 0 Å². The second kappa shape index (κ2) is 8.04. The molecule has 1 atom stereocenters. The Morgan fingerprint density at radius 2 is 1.86 bits per heavy atom. The van der Waals surface area contributed by atoms with Gasteiger partial charge in [-0.3, -0.25) is 9.59 Å². The average Bonchev–Trinajstić information content (AvgIpc) is 3.07. The third kappa shape index (κ3) is 4.09. The van der Waals surface area contributed by atoms with Crippen molar-refractivity contribution in [3.05, 3.63) is 52.5 Å². The van der Waals surface area contributed by atoms with E-state index in [1.54, 1.807) is 31.2 Å². The van der Waals surface area contributed by atoms with Crippen LogP contribution in [0.15, 0.2) is 41.3 Å². The van der Waals surface area contributed by atoms with Gasteiger partial charge in [0.2, 0.25) is 11.8 Å². The van der Waals surface area contributed by atoms with E-state index in [2.05, 4.69) is 5.32 Å². The highest BCUT2D eigenvalue weighted by molar-refractivity contribution is 7.89.